The maximum Gasteiger partial charge on any atom is 0.0596 e. The number of hydrogen-bond donors (Lipinski definition) is 1. The van der Waals surface area contributed by atoms with Gasteiger partial charge >= 0.3 is 0 Å². The van der Waals surface area contributed by atoms with Crippen LogP contribution in [0.1, 0.15) is 28.9 Å². The summed E-state index contributed by atoms with van der Waals surface area (Å²) in [5.41, 5.74) is 5.02. The molecule has 0 unspecified atom stereocenters. The minimum atomic E-state index is 0.943. The zero-order valence-electron chi connectivity index (χ0n) is 12.1. The fraction of sp³-hybridized carbons (Fsp3) is 0.438. The molecule has 0 aliphatic carbocycles. The molecule has 3 heteroatoms. The summed E-state index contributed by atoms with van der Waals surface area (Å²) in [5, 5.41) is 7.95. The van der Waals surface area contributed by atoms with Gasteiger partial charge in [0, 0.05) is 18.8 Å². The van der Waals surface area contributed by atoms with Gasteiger partial charge in [-0.15, -0.1) is 0 Å². The number of nitrogens with one attached hydrogen (secondary N) is 1. The van der Waals surface area contributed by atoms with Crippen LogP contribution >= 0.6 is 0 Å². The summed E-state index contributed by atoms with van der Waals surface area (Å²) in [6, 6.07) is 10.8. The summed E-state index contributed by atoms with van der Waals surface area (Å²) in [5.74, 6) is 0. The minimum Gasteiger partial charge on any atom is -0.313 e. The van der Waals surface area contributed by atoms with Crippen molar-refractivity contribution >= 4 is 0 Å². The van der Waals surface area contributed by atoms with Gasteiger partial charge in [0.2, 0.25) is 0 Å². The van der Waals surface area contributed by atoms with Gasteiger partial charge in [0.15, 0.2) is 0 Å². The lowest BCUT2D eigenvalue weighted by molar-refractivity contribution is 0.532. The summed E-state index contributed by atoms with van der Waals surface area (Å²) in [7, 11) is 0. The van der Waals surface area contributed by atoms with E-state index in [2.05, 4.69) is 59.3 Å². The lowest BCUT2D eigenvalue weighted by atomic mass is 10.1. The predicted octanol–water partition coefficient (Wildman–Crippen LogP) is 2.99. The molecular weight excluding hydrogens is 234 g/mol. The summed E-state index contributed by atoms with van der Waals surface area (Å²) >= 11 is 0. The second-order valence-electron chi connectivity index (χ2n) is 5.17. The van der Waals surface area contributed by atoms with Crippen LogP contribution < -0.4 is 5.32 Å². The van der Waals surface area contributed by atoms with E-state index in [0.717, 1.165) is 31.7 Å². The highest BCUT2D eigenvalue weighted by Crippen LogP contribution is 2.04. The number of hydrogen-bond acceptors (Lipinski definition) is 2. The Kier molecular flexibility index (Phi) is 4.74. The van der Waals surface area contributed by atoms with Crippen molar-refractivity contribution in [3.05, 3.63) is 52.8 Å². The normalized spacial score (nSPS) is 10.9. The van der Waals surface area contributed by atoms with Crippen LogP contribution in [0.2, 0.25) is 0 Å². The lowest BCUT2D eigenvalue weighted by Gasteiger charge is -2.07. The SMILES string of the molecule is Cc1cccc(CNCCCn2nc(C)cc2C)c1. The van der Waals surface area contributed by atoms with Crippen LogP contribution in [-0.2, 0) is 13.1 Å². The molecule has 0 fully saturated rings. The Labute approximate surface area is 115 Å². The van der Waals surface area contributed by atoms with E-state index in [0.29, 0.717) is 0 Å². The Balaban J connectivity index is 1.69. The van der Waals surface area contributed by atoms with E-state index >= 15 is 0 Å². The molecule has 1 aromatic heterocycles. The number of nitrogens with zero attached hydrogens (tertiary/aromatic N) is 2. The van der Waals surface area contributed by atoms with Crippen molar-refractivity contribution in [2.75, 3.05) is 6.54 Å². The monoisotopic (exact) mass is 257 g/mol. The van der Waals surface area contributed by atoms with Crippen molar-refractivity contribution in [3.63, 3.8) is 0 Å². The third-order valence-corrected chi connectivity index (χ3v) is 3.24. The maximum absolute atomic E-state index is 4.47. The highest BCUT2D eigenvalue weighted by molar-refractivity contribution is 5.21. The van der Waals surface area contributed by atoms with Gasteiger partial charge in [-0.25, -0.2) is 0 Å². The molecule has 0 saturated carbocycles. The molecule has 1 aromatic carbocycles. The number of benzene rings is 1. The molecule has 1 N–H and O–H groups in total. The summed E-state index contributed by atoms with van der Waals surface area (Å²) < 4.78 is 2.09. The first-order valence-electron chi connectivity index (χ1n) is 6.92. The highest BCUT2D eigenvalue weighted by atomic mass is 15.3. The van der Waals surface area contributed by atoms with Crippen LogP contribution in [0.15, 0.2) is 30.3 Å². The first-order chi connectivity index (χ1) is 9.15. The molecule has 2 aromatic rings. The third-order valence-electron chi connectivity index (χ3n) is 3.24. The number of aromatic nitrogens is 2. The Morgan fingerprint density at radius 1 is 1.16 bits per heavy atom. The van der Waals surface area contributed by atoms with E-state index in [4.69, 9.17) is 0 Å². The molecule has 0 bridgehead atoms. The maximum atomic E-state index is 4.47. The van der Waals surface area contributed by atoms with E-state index in [-0.39, 0.29) is 0 Å². The first kappa shape index (κ1) is 13.8. The van der Waals surface area contributed by atoms with Gasteiger partial charge in [0.1, 0.15) is 0 Å². The smallest absolute Gasteiger partial charge is 0.0596 e. The van der Waals surface area contributed by atoms with Gasteiger partial charge in [-0.1, -0.05) is 29.8 Å². The van der Waals surface area contributed by atoms with Crippen LogP contribution in [0.3, 0.4) is 0 Å². The second-order valence-corrected chi connectivity index (χ2v) is 5.17. The zero-order chi connectivity index (χ0) is 13.7. The molecule has 19 heavy (non-hydrogen) atoms. The van der Waals surface area contributed by atoms with Crippen LogP contribution in [0, 0.1) is 20.8 Å². The van der Waals surface area contributed by atoms with Crippen LogP contribution in [0.4, 0.5) is 0 Å². The van der Waals surface area contributed by atoms with Crippen molar-refractivity contribution in [2.24, 2.45) is 0 Å². The standard InChI is InChI=1S/C16H23N3/c1-13-6-4-7-16(10-13)12-17-8-5-9-19-15(3)11-14(2)18-19/h4,6-7,10-11,17H,5,8-9,12H2,1-3H3. The van der Waals surface area contributed by atoms with Crippen molar-refractivity contribution < 1.29 is 0 Å². The van der Waals surface area contributed by atoms with Gasteiger partial charge < -0.3 is 5.32 Å². The van der Waals surface area contributed by atoms with Gasteiger partial charge in [-0.3, -0.25) is 4.68 Å². The van der Waals surface area contributed by atoms with Gasteiger partial charge in [0.05, 0.1) is 5.69 Å². The van der Waals surface area contributed by atoms with Crippen molar-refractivity contribution in [1.29, 1.82) is 0 Å². The summed E-state index contributed by atoms with van der Waals surface area (Å²) in [6.07, 6.45) is 1.10. The van der Waals surface area contributed by atoms with Crippen molar-refractivity contribution in [1.82, 2.24) is 15.1 Å². The molecule has 3 nitrogen and oxygen atoms in total. The Morgan fingerprint density at radius 2 is 2.00 bits per heavy atom. The molecule has 2 rings (SSSR count). The molecule has 0 atom stereocenters. The van der Waals surface area contributed by atoms with Gasteiger partial charge in [-0.05, 0) is 45.4 Å². The fourth-order valence-corrected chi connectivity index (χ4v) is 2.31. The minimum absolute atomic E-state index is 0.943. The van der Waals surface area contributed by atoms with Crippen LogP contribution in [0.5, 0.6) is 0 Å². The number of aryl methyl sites for hydroxylation is 4. The van der Waals surface area contributed by atoms with Gasteiger partial charge in [0.25, 0.3) is 0 Å². The summed E-state index contributed by atoms with van der Waals surface area (Å²) in [6.45, 7) is 9.23. The molecule has 0 saturated heterocycles. The molecule has 0 spiro atoms. The Hall–Kier alpha value is -1.61. The number of rotatable bonds is 6. The van der Waals surface area contributed by atoms with E-state index in [1.807, 2.05) is 6.92 Å². The fourth-order valence-electron chi connectivity index (χ4n) is 2.31. The highest BCUT2D eigenvalue weighted by Gasteiger charge is 2.00. The van der Waals surface area contributed by atoms with E-state index < -0.39 is 0 Å². The molecule has 1 heterocycles. The van der Waals surface area contributed by atoms with E-state index in [9.17, 15) is 0 Å². The molecule has 0 aliphatic rings. The van der Waals surface area contributed by atoms with Crippen LogP contribution in [0.25, 0.3) is 0 Å². The molecule has 102 valence electrons. The Bertz CT molecular complexity index is 529. The van der Waals surface area contributed by atoms with Crippen LogP contribution in [-0.4, -0.2) is 16.3 Å². The van der Waals surface area contributed by atoms with Crippen molar-refractivity contribution in [3.8, 4) is 0 Å². The van der Waals surface area contributed by atoms with E-state index in [1.54, 1.807) is 0 Å². The topological polar surface area (TPSA) is 29.9 Å². The van der Waals surface area contributed by atoms with Crippen molar-refractivity contribution in [2.45, 2.75) is 40.3 Å². The molecule has 0 amide bonds. The lowest BCUT2D eigenvalue weighted by Crippen LogP contribution is -2.17. The average Bonchev–Trinajstić information content (AvgIpc) is 2.68. The van der Waals surface area contributed by atoms with Gasteiger partial charge in [-0.2, -0.15) is 5.10 Å². The quantitative estimate of drug-likeness (QED) is 0.806. The summed E-state index contributed by atoms with van der Waals surface area (Å²) in [4.78, 5) is 0. The Morgan fingerprint density at radius 3 is 2.68 bits per heavy atom. The largest absolute Gasteiger partial charge is 0.313 e. The first-order valence-corrected chi connectivity index (χ1v) is 6.92. The average molecular weight is 257 g/mol. The van der Waals surface area contributed by atoms with E-state index in [1.165, 1.54) is 16.8 Å². The second kappa shape index (κ2) is 6.53. The zero-order valence-corrected chi connectivity index (χ0v) is 12.1. The molecule has 0 radical (unpaired) electrons. The predicted molar refractivity (Wildman–Crippen MR) is 79.2 cm³/mol. The molecular formula is C16H23N3. The third kappa shape index (κ3) is 4.21. The molecule has 0 aliphatic heterocycles.